The zero-order chi connectivity index (χ0) is 19.3. The van der Waals surface area contributed by atoms with E-state index in [1.54, 1.807) is 17.3 Å². The zero-order valence-corrected chi connectivity index (χ0v) is 17.2. The highest BCUT2D eigenvalue weighted by atomic mass is 32.2. The molecule has 2 amide bonds. The van der Waals surface area contributed by atoms with Crippen LogP contribution in [0.25, 0.3) is 0 Å². The summed E-state index contributed by atoms with van der Waals surface area (Å²) in [5, 5.41) is 3.23. The van der Waals surface area contributed by atoms with Crippen LogP contribution in [-0.4, -0.2) is 69.8 Å². The lowest BCUT2D eigenvalue weighted by atomic mass is 9.99. The molecule has 0 spiro atoms. The highest BCUT2D eigenvalue weighted by Crippen LogP contribution is 2.25. The van der Waals surface area contributed by atoms with Gasteiger partial charge in [0.2, 0.25) is 11.8 Å². The Balaban J connectivity index is 1.23. The number of likely N-dealkylation sites (tertiary alicyclic amines) is 2. The van der Waals surface area contributed by atoms with Crippen molar-refractivity contribution in [2.75, 3.05) is 31.1 Å². The molecule has 1 aromatic rings. The van der Waals surface area contributed by atoms with Crippen molar-refractivity contribution >= 4 is 23.6 Å². The standard InChI is InChI=1S/C21H30N4O2S/c26-20-13-17(15-25(20)14-16-1-7-22-8-2-16)21(27)23-18-3-9-24(10-4-18)19-5-11-28-12-6-19/h1-2,7-8,17-19H,3-6,9-15H2,(H,23,27). The number of carbonyl (C=O) groups excluding carboxylic acids is 2. The smallest absolute Gasteiger partial charge is 0.225 e. The van der Waals surface area contributed by atoms with E-state index in [9.17, 15) is 9.59 Å². The van der Waals surface area contributed by atoms with Gasteiger partial charge in [-0.15, -0.1) is 0 Å². The number of nitrogens with one attached hydrogen (secondary N) is 1. The summed E-state index contributed by atoms with van der Waals surface area (Å²) in [6, 6.07) is 4.83. The van der Waals surface area contributed by atoms with Gasteiger partial charge in [-0.25, -0.2) is 0 Å². The summed E-state index contributed by atoms with van der Waals surface area (Å²) < 4.78 is 0. The third kappa shape index (κ3) is 4.87. The molecule has 1 N–H and O–H groups in total. The van der Waals surface area contributed by atoms with Crippen molar-refractivity contribution in [3.05, 3.63) is 30.1 Å². The number of amides is 2. The highest BCUT2D eigenvalue weighted by Gasteiger charge is 2.35. The summed E-state index contributed by atoms with van der Waals surface area (Å²) in [6.07, 6.45) is 8.46. The van der Waals surface area contributed by atoms with Crippen LogP contribution < -0.4 is 5.32 Å². The van der Waals surface area contributed by atoms with Crippen molar-refractivity contribution < 1.29 is 9.59 Å². The molecule has 0 radical (unpaired) electrons. The molecule has 4 rings (SSSR count). The van der Waals surface area contributed by atoms with E-state index in [0.29, 0.717) is 19.5 Å². The van der Waals surface area contributed by atoms with Crippen molar-refractivity contribution in [3.63, 3.8) is 0 Å². The number of carbonyl (C=O) groups is 2. The van der Waals surface area contributed by atoms with E-state index in [1.165, 1.54) is 24.3 Å². The molecule has 1 atom stereocenters. The molecule has 3 aliphatic heterocycles. The van der Waals surface area contributed by atoms with Gasteiger partial charge in [-0.05, 0) is 54.9 Å². The van der Waals surface area contributed by atoms with Crippen LogP contribution in [0.2, 0.25) is 0 Å². The van der Waals surface area contributed by atoms with Crippen LogP contribution in [-0.2, 0) is 16.1 Å². The number of piperidine rings is 1. The lowest BCUT2D eigenvalue weighted by molar-refractivity contribution is -0.129. The SMILES string of the molecule is O=C(NC1CCN(C2CCSCC2)CC1)C1CC(=O)N(Cc2ccncc2)C1. The molecule has 3 fully saturated rings. The molecule has 7 heteroatoms. The van der Waals surface area contributed by atoms with Crippen molar-refractivity contribution in [2.24, 2.45) is 5.92 Å². The van der Waals surface area contributed by atoms with Crippen molar-refractivity contribution in [3.8, 4) is 0 Å². The van der Waals surface area contributed by atoms with Crippen molar-refractivity contribution in [1.29, 1.82) is 0 Å². The molecule has 1 unspecified atom stereocenters. The van der Waals surface area contributed by atoms with E-state index in [2.05, 4.69) is 27.0 Å². The maximum absolute atomic E-state index is 12.7. The Morgan fingerprint density at radius 2 is 1.86 bits per heavy atom. The van der Waals surface area contributed by atoms with Gasteiger partial charge in [0.25, 0.3) is 0 Å². The molecule has 28 heavy (non-hydrogen) atoms. The first-order valence-corrected chi connectivity index (χ1v) is 11.6. The van der Waals surface area contributed by atoms with Gasteiger partial charge in [-0.2, -0.15) is 11.8 Å². The van der Waals surface area contributed by atoms with Crippen LogP contribution in [0, 0.1) is 5.92 Å². The Labute approximate surface area is 171 Å². The van der Waals surface area contributed by atoms with Crippen LogP contribution in [0.15, 0.2) is 24.5 Å². The molecular weight excluding hydrogens is 372 g/mol. The predicted molar refractivity (Wildman–Crippen MR) is 111 cm³/mol. The van der Waals surface area contributed by atoms with Gasteiger partial charge in [0.05, 0.1) is 5.92 Å². The summed E-state index contributed by atoms with van der Waals surface area (Å²) in [5.74, 6) is 2.47. The van der Waals surface area contributed by atoms with E-state index < -0.39 is 0 Å². The van der Waals surface area contributed by atoms with Crippen LogP contribution in [0.1, 0.15) is 37.7 Å². The number of hydrogen-bond acceptors (Lipinski definition) is 5. The van der Waals surface area contributed by atoms with E-state index in [-0.39, 0.29) is 23.8 Å². The van der Waals surface area contributed by atoms with Crippen LogP contribution >= 0.6 is 11.8 Å². The van der Waals surface area contributed by atoms with Crippen LogP contribution in [0.4, 0.5) is 0 Å². The van der Waals surface area contributed by atoms with E-state index >= 15 is 0 Å². The van der Waals surface area contributed by atoms with Gasteiger partial charge in [-0.1, -0.05) is 0 Å². The fourth-order valence-electron chi connectivity index (χ4n) is 4.59. The zero-order valence-electron chi connectivity index (χ0n) is 16.4. The number of pyridine rings is 1. The Morgan fingerprint density at radius 1 is 1.14 bits per heavy atom. The van der Waals surface area contributed by atoms with Gasteiger partial charge in [-0.3, -0.25) is 14.6 Å². The third-order valence-corrected chi connectivity index (χ3v) is 7.34. The second-order valence-electron chi connectivity index (χ2n) is 8.19. The molecule has 0 aliphatic carbocycles. The molecular formula is C21H30N4O2S. The average molecular weight is 403 g/mol. The highest BCUT2D eigenvalue weighted by molar-refractivity contribution is 7.99. The number of thioether (sulfide) groups is 1. The molecule has 0 bridgehead atoms. The van der Waals surface area contributed by atoms with E-state index in [4.69, 9.17) is 0 Å². The van der Waals surface area contributed by atoms with Crippen LogP contribution in [0.5, 0.6) is 0 Å². The maximum Gasteiger partial charge on any atom is 0.225 e. The van der Waals surface area contributed by atoms with Gasteiger partial charge in [0, 0.05) is 57.1 Å². The van der Waals surface area contributed by atoms with Gasteiger partial charge < -0.3 is 15.1 Å². The number of aromatic nitrogens is 1. The fourth-order valence-corrected chi connectivity index (χ4v) is 5.67. The third-order valence-electron chi connectivity index (χ3n) is 6.29. The molecule has 4 heterocycles. The lowest BCUT2D eigenvalue weighted by Gasteiger charge is -2.39. The quantitative estimate of drug-likeness (QED) is 0.815. The monoisotopic (exact) mass is 402 g/mol. The predicted octanol–water partition coefficient (Wildman–Crippen LogP) is 1.91. The van der Waals surface area contributed by atoms with Crippen molar-refractivity contribution in [2.45, 2.75) is 50.7 Å². The van der Waals surface area contributed by atoms with Crippen molar-refractivity contribution in [1.82, 2.24) is 20.1 Å². The molecule has 1 aromatic heterocycles. The lowest BCUT2D eigenvalue weighted by Crippen LogP contribution is -2.49. The minimum absolute atomic E-state index is 0.0538. The molecule has 3 aliphatic rings. The first kappa shape index (κ1) is 19.7. The second kappa shape index (κ2) is 9.27. The molecule has 0 aromatic carbocycles. The summed E-state index contributed by atoms with van der Waals surface area (Å²) in [5.41, 5.74) is 1.05. The Morgan fingerprint density at radius 3 is 2.57 bits per heavy atom. The topological polar surface area (TPSA) is 65.5 Å². The minimum atomic E-state index is -0.220. The maximum atomic E-state index is 12.7. The largest absolute Gasteiger partial charge is 0.353 e. The van der Waals surface area contributed by atoms with Gasteiger partial charge in [0.1, 0.15) is 0 Å². The Kier molecular flexibility index (Phi) is 6.52. The summed E-state index contributed by atoms with van der Waals surface area (Å²) >= 11 is 2.07. The molecule has 0 saturated carbocycles. The average Bonchev–Trinajstić information content (AvgIpc) is 3.10. The molecule has 3 saturated heterocycles. The summed E-state index contributed by atoms with van der Waals surface area (Å²) in [6.45, 7) is 3.24. The minimum Gasteiger partial charge on any atom is -0.353 e. The Hall–Kier alpha value is -1.60. The number of nitrogens with zero attached hydrogens (tertiary/aromatic N) is 3. The van der Waals surface area contributed by atoms with Gasteiger partial charge in [0.15, 0.2) is 0 Å². The fraction of sp³-hybridized carbons (Fsp3) is 0.667. The van der Waals surface area contributed by atoms with E-state index in [0.717, 1.165) is 37.5 Å². The second-order valence-corrected chi connectivity index (χ2v) is 9.42. The van der Waals surface area contributed by atoms with E-state index in [1.807, 2.05) is 12.1 Å². The number of hydrogen-bond donors (Lipinski definition) is 1. The first-order valence-electron chi connectivity index (χ1n) is 10.5. The van der Waals surface area contributed by atoms with Gasteiger partial charge >= 0.3 is 0 Å². The Bertz CT molecular complexity index is 672. The molecule has 6 nitrogen and oxygen atoms in total. The number of rotatable bonds is 5. The van der Waals surface area contributed by atoms with Crippen LogP contribution in [0.3, 0.4) is 0 Å². The first-order chi connectivity index (χ1) is 13.7. The molecule has 152 valence electrons. The summed E-state index contributed by atoms with van der Waals surface area (Å²) in [7, 11) is 0. The normalized spacial score (nSPS) is 25.2. The summed E-state index contributed by atoms with van der Waals surface area (Å²) in [4.78, 5) is 33.5.